The van der Waals surface area contributed by atoms with Gasteiger partial charge in [0.1, 0.15) is 0 Å². The van der Waals surface area contributed by atoms with Crippen LogP contribution in [0, 0.1) is 0 Å². The van der Waals surface area contributed by atoms with Gasteiger partial charge >= 0.3 is 6.18 Å². The van der Waals surface area contributed by atoms with Crippen LogP contribution in [0.1, 0.15) is 18.7 Å². The SMILES string of the molecule is O=C(CNc1nc(C(F)(F)F)ns1)N1CCCC1. The molecule has 18 heavy (non-hydrogen) atoms. The third-order valence-electron chi connectivity index (χ3n) is 2.53. The molecule has 0 spiro atoms. The maximum absolute atomic E-state index is 12.2. The molecule has 2 heterocycles. The van der Waals surface area contributed by atoms with E-state index >= 15 is 0 Å². The summed E-state index contributed by atoms with van der Waals surface area (Å²) in [6.07, 6.45) is -2.60. The van der Waals surface area contributed by atoms with Gasteiger partial charge < -0.3 is 10.2 Å². The highest BCUT2D eigenvalue weighted by Gasteiger charge is 2.36. The molecule has 1 aliphatic heterocycles. The molecule has 0 bridgehead atoms. The van der Waals surface area contributed by atoms with Gasteiger partial charge in [-0.1, -0.05) is 0 Å². The summed E-state index contributed by atoms with van der Waals surface area (Å²) in [7, 11) is 0. The van der Waals surface area contributed by atoms with Gasteiger partial charge in [-0.05, 0) is 12.8 Å². The standard InChI is InChI=1S/C9H11F3N4OS/c10-9(11,12)7-14-8(18-15-7)13-5-6(17)16-3-1-2-4-16/h1-5H2,(H,13,14,15). The lowest BCUT2D eigenvalue weighted by atomic mass is 10.4. The predicted molar refractivity (Wildman–Crippen MR) is 59.2 cm³/mol. The topological polar surface area (TPSA) is 58.1 Å². The van der Waals surface area contributed by atoms with Crippen molar-refractivity contribution in [2.75, 3.05) is 25.0 Å². The van der Waals surface area contributed by atoms with E-state index in [0.29, 0.717) is 24.6 Å². The Kier molecular flexibility index (Phi) is 3.69. The lowest BCUT2D eigenvalue weighted by molar-refractivity contribution is -0.144. The summed E-state index contributed by atoms with van der Waals surface area (Å²) in [5, 5.41) is 2.58. The first-order valence-corrected chi connectivity index (χ1v) is 6.17. The summed E-state index contributed by atoms with van der Waals surface area (Å²) in [4.78, 5) is 16.6. The van der Waals surface area contributed by atoms with Crippen LogP contribution in [0.25, 0.3) is 0 Å². The fourth-order valence-corrected chi connectivity index (χ4v) is 2.22. The third-order valence-corrected chi connectivity index (χ3v) is 3.20. The number of rotatable bonds is 3. The second kappa shape index (κ2) is 5.09. The number of nitrogens with one attached hydrogen (secondary N) is 1. The van der Waals surface area contributed by atoms with Crippen molar-refractivity contribution in [3.05, 3.63) is 5.82 Å². The summed E-state index contributed by atoms with van der Waals surface area (Å²) >= 11 is 0.598. The minimum Gasteiger partial charge on any atom is -0.351 e. The zero-order valence-corrected chi connectivity index (χ0v) is 10.1. The van der Waals surface area contributed by atoms with Crippen LogP contribution in [-0.4, -0.2) is 39.8 Å². The molecule has 100 valence electrons. The monoisotopic (exact) mass is 280 g/mol. The first-order valence-electron chi connectivity index (χ1n) is 5.39. The van der Waals surface area contributed by atoms with Crippen molar-refractivity contribution in [1.82, 2.24) is 14.3 Å². The van der Waals surface area contributed by atoms with Crippen LogP contribution in [0.2, 0.25) is 0 Å². The Labute approximate surface area is 105 Å². The molecule has 1 N–H and O–H groups in total. The molecule has 2 rings (SSSR count). The molecular formula is C9H11F3N4OS. The van der Waals surface area contributed by atoms with E-state index in [9.17, 15) is 18.0 Å². The van der Waals surface area contributed by atoms with E-state index < -0.39 is 12.0 Å². The second-order valence-corrected chi connectivity index (χ2v) is 4.61. The Morgan fingerprint density at radius 1 is 1.39 bits per heavy atom. The van der Waals surface area contributed by atoms with E-state index in [-0.39, 0.29) is 17.6 Å². The van der Waals surface area contributed by atoms with Gasteiger partial charge in [-0.3, -0.25) is 4.79 Å². The highest BCUT2D eigenvalue weighted by atomic mass is 32.1. The zero-order valence-electron chi connectivity index (χ0n) is 9.33. The number of likely N-dealkylation sites (tertiary alicyclic amines) is 1. The van der Waals surface area contributed by atoms with Crippen LogP contribution in [0.5, 0.6) is 0 Å². The summed E-state index contributed by atoms with van der Waals surface area (Å²) in [6.45, 7) is 1.38. The number of carbonyl (C=O) groups excluding carboxylic acids is 1. The maximum Gasteiger partial charge on any atom is 0.452 e. The van der Waals surface area contributed by atoms with E-state index in [1.165, 1.54) is 0 Å². The lowest BCUT2D eigenvalue weighted by Gasteiger charge is -2.14. The molecule has 1 aromatic rings. The minimum absolute atomic E-state index is 0.00914. The fraction of sp³-hybridized carbons (Fsp3) is 0.667. The van der Waals surface area contributed by atoms with E-state index in [4.69, 9.17) is 0 Å². The average Bonchev–Trinajstić information content (AvgIpc) is 2.96. The zero-order chi connectivity index (χ0) is 13.2. The Bertz CT molecular complexity index is 428. The largest absolute Gasteiger partial charge is 0.452 e. The van der Waals surface area contributed by atoms with Gasteiger partial charge in [-0.2, -0.15) is 22.5 Å². The number of hydrogen-bond donors (Lipinski definition) is 1. The van der Waals surface area contributed by atoms with Crippen molar-refractivity contribution >= 4 is 22.6 Å². The molecule has 1 aliphatic rings. The summed E-state index contributed by atoms with van der Waals surface area (Å²) in [5.41, 5.74) is 0. The molecule has 0 unspecified atom stereocenters. The first-order chi connectivity index (χ1) is 8.47. The quantitative estimate of drug-likeness (QED) is 0.913. The van der Waals surface area contributed by atoms with Crippen LogP contribution in [0.3, 0.4) is 0 Å². The number of amides is 1. The highest BCUT2D eigenvalue weighted by Crippen LogP contribution is 2.28. The molecule has 0 atom stereocenters. The van der Waals surface area contributed by atoms with Gasteiger partial charge in [0.05, 0.1) is 6.54 Å². The van der Waals surface area contributed by atoms with Crippen LogP contribution in [0.4, 0.5) is 18.3 Å². The second-order valence-electron chi connectivity index (χ2n) is 3.86. The van der Waals surface area contributed by atoms with E-state index in [1.807, 2.05) is 0 Å². The Morgan fingerprint density at radius 3 is 2.61 bits per heavy atom. The van der Waals surface area contributed by atoms with Crippen molar-refractivity contribution in [3.8, 4) is 0 Å². The predicted octanol–water partition coefficient (Wildman–Crippen LogP) is 1.59. The van der Waals surface area contributed by atoms with Crippen molar-refractivity contribution in [2.24, 2.45) is 0 Å². The van der Waals surface area contributed by atoms with Crippen molar-refractivity contribution in [1.29, 1.82) is 0 Å². The number of halogens is 3. The summed E-state index contributed by atoms with van der Waals surface area (Å²) in [6, 6.07) is 0. The number of nitrogens with zero attached hydrogens (tertiary/aromatic N) is 3. The van der Waals surface area contributed by atoms with Gasteiger partial charge in [0.2, 0.25) is 16.9 Å². The van der Waals surface area contributed by atoms with Gasteiger partial charge in [0.15, 0.2) is 0 Å². The number of carbonyl (C=O) groups is 1. The van der Waals surface area contributed by atoms with Gasteiger partial charge in [-0.15, -0.1) is 0 Å². The van der Waals surface area contributed by atoms with E-state index in [0.717, 1.165) is 12.8 Å². The van der Waals surface area contributed by atoms with Crippen molar-refractivity contribution < 1.29 is 18.0 Å². The Balaban J connectivity index is 1.86. The lowest BCUT2D eigenvalue weighted by Crippen LogP contribution is -2.32. The van der Waals surface area contributed by atoms with Gasteiger partial charge in [0, 0.05) is 24.6 Å². The smallest absolute Gasteiger partial charge is 0.351 e. The molecule has 0 saturated carbocycles. The Hall–Kier alpha value is -1.38. The Morgan fingerprint density at radius 2 is 2.06 bits per heavy atom. The molecule has 9 heteroatoms. The highest BCUT2D eigenvalue weighted by molar-refractivity contribution is 7.09. The minimum atomic E-state index is -4.55. The van der Waals surface area contributed by atoms with E-state index in [1.54, 1.807) is 4.90 Å². The summed E-state index contributed by atoms with van der Waals surface area (Å²) < 4.78 is 39.9. The fourth-order valence-electron chi connectivity index (χ4n) is 1.64. The van der Waals surface area contributed by atoms with Crippen LogP contribution in [0.15, 0.2) is 0 Å². The van der Waals surface area contributed by atoms with Gasteiger partial charge in [0.25, 0.3) is 0 Å². The van der Waals surface area contributed by atoms with Crippen LogP contribution >= 0.6 is 11.5 Å². The number of alkyl halides is 3. The van der Waals surface area contributed by atoms with E-state index in [2.05, 4.69) is 14.7 Å². The molecule has 0 aromatic carbocycles. The van der Waals surface area contributed by atoms with Crippen molar-refractivity contribution in [3.63, 3.8) is 0 Å². The molecule has 5 nitrogen and oxygen atoms in total. The average molecular weight is 280 g/mol. The number of hydrogen-bond acceptors (Lipinski definition) is 5. The molecule has 0 radical (unpaired) electrons. The molecule has 1 saturated heterocycles. The molecule has 1 aromatic heterocycles. The number of aromatic nitrogens is 2. The molecule has 0 aliphatic carbocycles. The normalized spacial score (nSPS) is 16.1. The number of anilines is 1. The summed E-state index contributed by atoms with van der Waals surface area (Å²) in [5.74, 6) is -1.31. The first kappa shape index (κ1) is 13.1. The van der Waals surface area contributed by atoms with Crippen molar-refractivity contribution in [2.45, 2.75) is 19.0 Å². The third kappa shape index (κ3) is 3.09. The maximum atomic E-state index is 12.2. The van der Waals surface area contributed by atoms with Crippen LogP contribution in [-0.2, 0) is 11.0 Å². The molecule has 1 amide bonds. The van der Waals surface area contributed by atoms with Crippen LogP contribution < -0.4 is 5.32 Å². The molecular weight excluding hydrogens is 269 g/mol. The molecule has 1 fully saturated rings. The van der Waals surface area contributed by atoms with Gasteiger partial charge in [-0.25, -0.2) is 0 Å².